The van der Waals surface area contributed by atoms with Crippen LogP contribution < -0.4 is 10.1 Å². The first kappa shape index (κ1) is 17.3. The molecule has 1 atom stereocenters. The van der Waals surface area contributed by atoms with Gasteiger partial charge in [-0.05, 0) is 24.6 Å². The maximum atomic E-state index is 12.2. The molecular formula is C18H22N2O2S. The molecule has 23 heavy (non-hydrogen) atoms. The first-order chi connectivity index (χ1) is 11.2. The zero-order chi connectivity index (χ0) is 16.5. The Morgan fingerprint density at radius 3 is 2.74 bits per heavy atom. The SMILES string of the molecule is CCC(NC(=O)CSCc1ccccn1)c1ccccc1OC. The minimum absolute atomic E-state index is 0.0312. The second-order valence-electron chi connectivity index (χ2n) is 5.08. The number of methoxy groups -OCH3 is 1. The summed E-state index contributed by atoms with van der Waals surface area (Å²) in [4.78, 5) is 16.4. The predicted molar refractivity (Wildman–Crippen MR) is 94.6 cm³/mol. The van der Waals surface area contributed by atoms with E-state index >= 15 is 0 Å². The molecule has 0 aliphatic rings. The normalized spacial score (nSPS) is 11.7. The van der Waals surface area contributed by atoms with Gasteiger partial charge in [0.15, 0.2) is 0 Å². The van der Waals surface area contributed by atoms with E-state index in [0.29, 0.717) is 5.75 Å². The lowest BCUT2D eigenvalue weighted by Gasteiger charge is -2.19. The fourth-order valence-electron chi connectivity index (χ4n) is 2.32. The Morgan fingerprint density at radius 1 is 1.26 bits per heavy atom. The summed E-state index contributed by atoms with van der Waals surface area (Å²) < 4.78 is 5.38. The maximum absolute atomic E-state index is 12.2. The summed E-state index contributed by atoms with van der Waals surface area (Å²) >= 11 is 1.57. The third kappa shape index (κ3) is 5.28. The van der Waals surface area contributed by atoms with Crippen LogP contribution in [0, 0.1) is 0 Å². The molecule has 0 spiro atoms. The number of ether oxygens (including phenoxy) is 1. The molecule has 2 rings (SSSR count). The van der Waals surface area contributed by atoms with Gasteiger partial charge in [-0.1, -0.05) is 31.2 Å². The van der Waals surface area contributed by atoms with Gasteiger partial charge in [0.1, 0.15) is 5.75 Å². The van der Waals surface area contributed by atoms with Crippen molar-refractivity contribution < 1.29 is 9.53 Å². The molecule has 1 N–H and O–H groups in total. The van der Waals surface area contributed by atoms with Crippen molar-refractivity contribution in [3.8, 4) is 5.75 Å². The molecule has 5 heteroatoms. The van der Waals surface area contributed by atoms with Crippen molar-refractivity contribution >= 4 is 17.7 Å². The number of hydrogen-bond acceptors (Lipinski definition) is 4. The number of aromatic nitrogens is 1. The Balaban J connectivity index is 1.87. The van der Waals surface area contributed by atoms with Crippen molar-refractivity contribution in [1.29, 1.82) is 0 Å². The Morgan fingerprint density at radius 2 is 2.04 bits per heavy atom. The van der Waals surface area contributed by atoms with Gasteiger partial charge in [-0.3, -0.25) is 9.78 Å². The second-order valence-corrected chi connectivity index (χ2v) is 6.07. The number of pyridine rings is 1. The number of amides is 1. The van der Waals surface area contributed by atoms with Crippen LogP contribution in [-0.4, -0.2) is 23.8 Å². The van der Waals surface area contributed by atoms with Crippen molar-refractivity contribution in [1.82, 2.24) is 10.3 Å². The molecule has 1 heterocycles. The van der Waals surface area contributed by atoms with Crippen LogP contribution in [0.1, 0.15) is 30.6 Å². The molecule has 1 aromatic carbocycles. The van der Waals surface area contributed by atoms with Gasteiger partial charge < -0.3 is 10.1 Å². The quantitative estimate of drug-likeness (QED) is 0.803. The van der Waals surface area contributed by atoms with Gasteiger partial charge in [0, 0.05) is 17.5 Å². The third-order valence-corrected chi connectivity index (χ3v) is 4.43. The number of rotatable bonds is 8. The standard InChI is InChI=1S/C18H22N2O2S/c1-3-16(15-9-4-5-10-17(15)22-2)20-18(21)13-23-12-14-8-6-7-11-19-14/h4-11,16H,3,12-13H2,1-2H3,(H,20,21). The van der Waals surface area contributed by atoms with E-state index in [2.05, 4.69) is 17.2 Å². The lowest BCUT2D eigenvalue weighted by molar-refractivity contribution is -0.119. The topological polar surface area (TPSA) is 51.2 Å². The predicted octanol–water partition coefficient (Wildman–Crippen LogP) is 3.59. The molecule has 1 aromatic heterocycles. The molecule has 0 bridgehead atoms. The van der Waals surface area contributed by atoms with E-state index in [-0.39, 0.29) is 11.9 Å². The Bertz CT molecular complexity index is 619. The highest BCUT2D eigenvalue weighted by molar-refractivity contribution is 7.99. The Labute approximate surface area is 141 Å². The average Bonchev–Trinajstić information content (AvgIpc) is 2.60. The Hall–Kier alpha value is -2.01. The average molecular weight is 330 g/mol. The minimum atomic E-state index is -0.0332. The molecule has 4 nitrogen and oxygen atoms in total. The first-order valence-corrected chi connectivity index (χ1v) is 8.80. The molecule has 2 aromatic rings. The fourth-order valence-corrected chi connectivity index (χ4v) is 3.07. The van der Waals surface area contributed by atoms with E-state index in [9.17, 15) is 4.79 Å². The van der Waals surface area contributed by atoms with Crippen molar-refractivity contribution in [3.05, 3.63) is 59.9 Å². The van der Waals surface area contributed by atoms with Crippen molar-refractivity contribution in [2.75, 3.05) is 12.9 Å². The van der Waals surface area contributed by atoms with E-state index in [1.54, 1.807) is 25.1 Å². The van der Waals surface area contributed by atoms with Crippen LogP contribution in [0.15, 0.2) is 48.7 Å². The first-order valence-electron chi connectivity index (χ1n) is 7.64. The van der Waals surface area contributed by atoms with Crippen LogP contribution in [0.3, 0.4) is 0 Å². The summed E-state index contributed by atoms with van der Waals surface area (Å²) in [5.41, 5.74) is 2.00. The number of para-hydroxylation sites is 1. The monoisotopic (exact) mass is 330 g/mol. The van der Waals surface area contributed by atoms with Crippen LogP contribution in [-0.2, 0) is 10.5 Å². The highest BCUT2D eigenvalue weighted by Gasteiger charge is 2.16. The largest absolute Gasteiger partial charge is 0.496 e. The van der Waals surface area contributed by atoms with E-state index in [1.165, 1.54) is 0 Å². The van der Waals surface area contributed by atoms with Crippen LogP contribution >= 0.6 is 11.8 Å². The number of carbonyl (C=O) groups is 1. The molecule has 0 aliphatic carbocycles. The summed E-state index contributed by atoms with van der Waals surface area (Å²) in [5, 5.41) is 3.08. The lowest BCUT2D eigenvalue weighted by atomic mass is 10.0. The van der Waals surface area contributed by atoms with Crippen LogP contribution in [0.4, 0.5) is 0 Å². The molecule has 1 unspecified atom stereocenters. The zero-order valence-corrected chi connectivity index (χ0v) is 14.3. The minimum Gasteiger partial charge on any atom is -0.496 e. The summed E-state index contributed by atoms with van der Waals surface area (Å²) in [7, 11) is 1.65. The summed E-state index contributed by atoms with van der Waals surface area (Å²) in [6, 6.07) is 13.6. The number of thioether (sulfide) groups is 1. The van der Waals surface area contributed by atoms with Gasteiger partial charge in [0.05, 0.1) is 24.6 Å². The highest BCUT2D eigenvalue weighted by atomic mass is 32.2. The number of nitrogens with one attached hydrogen (secondary N) is 1. The van der Waals surface area contributed by atoms with Gasteiger partial charge in [0.25, 0.3) is 0 Å². The molecule has 0 saturated heterocycles. The second kappa shape index (κ2) is 9.20. The van der Waals surface area contributed by atoms with Crippen molar-refractivity contribution in [3.63, 3.8) is 0 Å². The van der Waals surface area contributed by atoms with Gasteiger partial charge >= 0.3 is 0 Å². The lowest BCUT2D eigenvalue weighted by Crippen LogP contribution is -2.29. The van der Waals surface area contributed by atoms with Crippen LogP contribution in [0.25, 0.3) is 0 Å². The highest BCUT2D eigenvalue weighted by Crippen LogP contribution is 2.26. The zero-order valence-electron chi connectivity index (χ0n) is 13.5. The molecule has 122 valence electrons. The number of hydrogen-bond donors (Lipinski definition) is 1. The molecule has 0 saturated carbocycles. The molecule has 0 fully saturated rings. The van der Waals surface area contributed by atoms with E-state index in [1.807, 2.05) is 42.5 Å². The Kier molecular flexibility index (Phi) is 6.94. The molecule has 1 amide bonds. The molecular weight excluding hydrogens is 308 g/mol. The van der Waals surface area contributed by atoms with Gasteiger partial charge in [-0.2, -0.15) is 0 Å². The summed E-state index contributed by atoms with van der Waals surface area (Å²) in [6.07, 6.45) is 2.59. The fraction of sp³-hybridized carbons (Fsp3) is 0.333. The summed E-state index contributed by atoms with van der Waals surface area (Å²) in [6.45, 7) is 2.05. The molecule has 0 radical (unpaired) electrons. The number of carbonyl (C=O) groups excluding carboxylic acids is 1. The smallest absolute Gasteiger partial charge is 0.230 e. The van der Waals surface area contributed by atoms with Gasteiger partial charge in [-0.15, -0.1) is 11.8 Å². The van der Waals surface area contributed by atoms with E-state index in [4.69, 9.17) is 4.74 Å². The van der Waals surface area contributed by atoms with Crippen LogP contribution in [0.2, 0.25) is 0 Å². The maximum Gasteiger partial charge on any atom is 0.230 e. The van der Waals surface area contributed by atoms with Gasteiger partial charge in [0.2, 0.25) is 5.91 Å². The number of benzene rings is 1. The van der Waals surface area contributed by atoms with Crippen LogP contribution in [0.5, 0.6) is 5.75 Å². The van der Waals surface area contributed by atoms with E-state index in [0.717, 1.165) is 29.2 Å². The third-order valence-electron chi connectivity index (χ3n) is 3.47. The molecule has 0 aliphatic heterocycles. The number of nitrogens with zero attached hydrogens (tertiary/aromatic N) is 1. The summed E-state index contributed by atoms with van der Waals surface area (Å²) in [5.74, 6) is 1.99. The van der Waals surface area contributed by atoms with Crippen molar-refractivity contribution in [2.24, 2.45) is 0 Å². The van der Waals surface area contributed by atoms with Gasteiger partial charge in [-0.25, -0.2) is 0 Å². The van der Waals surface area contributed by atoms with E-state index < -0.39 is 0 Å². The van der Waals surface area contributed by atoms with Crippen molar-refractivity contribution in [2.45, 2.75) is 25.1 Å².